The number of ether oxygens (including phenoxy) is 2. The van der Waals surface area contributed by atoms with Gasteiger partial charge in [-0.1, -0.05) is 11.6 Å². The molecule has 1 heterocycles. The highest BCUT2D eigenvalue weighted by molar-refractivity contribution is 5.98. The molecule has 0 aromatic heterocycles. The van der Waals surface area contributed by atoms with Gasteiger partial charge in [0, 0.05) is 30.3 Å². The standard InChI is InChI=1S/C23H25F2N3O3/c1-15(10-16-4-6-18(24)12-19(16)25)13-28(14-22-26-8-9-27-22)23(29)17-5-7-20(30-2)21(11-17)31-3/h4-7,10-12H,8-9,13-14H2,1-3H3,(H,26,27). The first-order valence-electron chi connectivity index (χ1n) is 9.82. The van der Waals surface area contributed by atoms with Crippen LogP contribution in [-0.4, -0.2) is 57.0 Å². The molecule has 31 heavy (non-hydrogen) atoms. The third-order valence-electron chi connectivity index (χ3n) is 4.81. The van der Waals surface area contributed by atoms with Crippen molar-refractivity contribution >= 4 is 17.8 Å². The van der Waals surface area contributed by atoms with Gasteiger partial charge in [-0.25, -0.2) is 8.78 Å². The van der Waals surface area contributed by atoms with Crippen molar-refractivity contribution < 1.29 is 23.0 Å². The lowest BCUT2D eigenvalue weighted by Gasteiger charge is -2.24. The van der Waals surface area contributed by atoms with Gasteiger partial charge >= 0.3 is 0 Å². The number of halogens is 2. The van der Waals surface area contributed by atoms with Crippen LogP contribution in [0.15, 0.2) is 47.0 Å². The van der Waals surface area contributed by atoms with E-state index in [0.29, 0.717) is 23.6 Å². The van der Waals surface area contributed by atoms with Gasteiger partial charge in [0.2, 0.25) is 0 Å². The summed E-state index contributed by atoms with van der Waals surface area (Å²) < 4.78 is 37.8. The lowest BCUT2D eigenvalue weighted by Crippen LogP contribution is -2.40. The van der Waals surface area contributed by atoms with Crippen LogP contribution in [0.3, 0.4) is 0 Å². The Morgan fingerprint density at radius 2 is 1.94 bits per heavy atom. The number of benzene rings is 2. The van der Waals surface area contributed by atoms with E-state index in [-0.39, 0.29) is 24.6 Å². The second-order valence-electron chi connectivity index (χ2n) is 7.14. The number of methoxy groups -OCH3 is 2. The van der Waals surface area contributed by atoms with E-state index in [9.17, 15) is 13.6 Å². The summed E-state index contributed by atoms with van der Waals surface area (Å²) in [5, 5.41) is 3.16. The average molecular weight is 429 g/mol. The van der Waals surface area contributed by atoms with Crippen LogP contribution in [-0.2, 0) is 0 Å². The Morgan fingerprint density at radius 1 is 1.16 bits per heavy atom. The molecule has 3 rings (SSSR count). The number of carbonyl (C=O) groups is 1. The first-order valence-corrected chi connectivity index (χ1v) is 9.82. The molecule has 164 valence electrons. The van der Waals surface area contributed by atoms with Gasteiger partial charge in [-0.3, -0.25) is 9.79 Å². The Balaban J connectivity index is 1.87. The molecule has 0 spiro atoms. The fraction of sp³-hybridized carbons (Fsp3) is 0.304. The van der Waals surface area contributed by atoms with E-state index in [1.165, 1.54) is 26.4 Å². The molecule has 1 aliphatic rings. The fourth-order valence-electron chi connectivity index (χ4n) is 3.32. The van der Waals surface area contributed by atoms with Crippen LogP contribution in [0.2, 0.25) is 0 Å². The molecule has 0 radical (unpaired) electrons. The Kier molecular flexibility index (Phi) is 7.23. The predicted octanol–water partition coefficient (Wildman–Crippen LogP) is 3.53. The van der Waals surface area contributed by atoms with Crippen LogP contribution in [0.1, 0.15) is 22.8 Å². The summed E-state index contributed by atoms with van der Waals surface area (Å²) in [7, 11) is 3.03. The lowest BCUT2D eigenvalue weighted by molar-refractivity contribution is 0.0791. The van der Waals surface area contributed by atoms with Gasteiger partial charge in [-0.15, -0.1) is 0 Å². The summed E-state index contributed by atoms with van der Waals surface area (Å²) >= 11 is 0. The second-order valence-corrected chi connectivity index (χ2v) is 7.14. The average Bonchev–Trinajstić information content (AvgIpc) is 3.27. The Labute approximate surface area is 180 Å². The molecule has 0 bridgehead atoms. The van der Waals surface area contributed by atoms with Crippen LogP contribution in [0, 0.1) is 11.6 Å². The molecule has 0 saturated carbocycles. The molecule has 1 amide bonds. The van der Waals surface area contributed by atoms with Gasteiger partial charge < -0.3 is 19.7 Å². The number of rotatable bonds is 8. The first-order chi connectivity index (χ1) is 14.9. The number of nitrogens with zero attached hydrogens (tertiary/aromatic N) is 2. The van der Waals surface area contributed by atoms with Crippen molar-refractivity contribution in [2.75, 3.05) is 40.4 Å². The fourth-order valence-corrected chi connectivity index (χ4v) is 3.32. The number of amidine groups is 1. The van der Waals surface area contributed by atoms with E-state index in [1.54, 1.807) is 36.1 Å². The molecule has 2 aromatic carbocycles. The van der Waals surface area contributed by atoms with Gasteiger partial charge in [0.1, 0.15) is 17.5 Å². The van der Waals surface area contributed by atoms with Gasteiger partial charge in [-0.05, 0) is 37.3 Å². The van der Waals surface area contributed by atoms with E-state index in [4.69, 9.17) is 9.47 Å². The predicted molar refractivity (Wildman–Crippen MR) is 116 cm³/mol. The quantitative estimate of drug-likeness (QED) is 0.698. The molecule has 0 fully saturated rings. The van der Waals surface area contributed by atoms with Gasteiger partial charge in [0.15, 0.2) is 11.5 Å². The third-order valence-corrected chi connectivity index (χ3v) is 4.81. The number of aliphatic imine (C=N–C) groups is 1. The summed E-state index contributed by atoms with van der Waals surface area (Å²) in [5.41, 5.74) is 1.42. The highest BCUT2D eigenvalue weighted by atomic mass is 19.1. The molecule has 8 heteroatoms. The summed E-state index contributed by atoms with van der Waals surface area (Å²) in [6.07, 6.45) is 1.60. The molecule has 6 nitrogen and oxygen atoms in total. The van der Waals surface area contributed by atoms with Crippen molar-refractivity contribution in [2.24, 2.45) is 4.99 Å². The second kappa shape index (κ2) is 10.1. The number of nitrogens with one attached hydrogen (secondary N) is 1. The van der Waals surface area contributed by atoms with Crippen LogP contribution in [0.5, 0.6) is 11.5 Å². The van der Waals surface area contributed by atoms with Crippen molar-refractivity contribution in [1.29, 1.82) is 0 Å². The molecule has 0 saturated heterocycles. The smallest absolute Gasteiger partial charge is 0.254 e. The van der Waals surface area contributed by atoms with Crippen LogP contribution in [0.25, 0.3) is 6.08 Å². The Bertz CT molecular complexity index is 1020. The molecular formula is C23H25F2N3O3. The summed E-state index contributed by atoms with van der Waals surface area (Å²) in [6.45, 7) is 3.70. The summed E-state index contributed by atoms with van der Waals surface area (Å²) in [5.74, 6) is 0.168. The number of carbonyl (C=O) groups excluding carboxylic acids is 1. The number of hydrogen-bond acceptors (Lipinski definition) is 5. The van der Waals surface area contributed by atoms with Gasteiger partial charge in [0.25, 0.3) is 5.91 Å². The molecule has 1 aliphatic heterocycles. The maximum absolute atomic E-state index is 14.0. The van der Waals surface area contributed by atoms with Crippen LogP contribution in [0.4, 0.5) is 8.78 Å². The normalized spacial score (nSPS) is 13.5. The third kappa shape index (κ3) is 5.59. The minimum atomic E-state index is -0.654. The minimum Gasteiger partial charge on any atom is -0.493 e. The van der Waals surface area contributed by atoms with E-state index in [0.717, 1.165) is 24.0 Å². The van der Waals surface area contributed by atoms with Crippen LogP contribution >= 0.6 is 0 Å². The largest absolute Gasteiger partial charge is 0.493 e. The Morgan fingerprint density at radius 3 is 2.58 bits per heavy atom. The first kappa shape index (κ1) is 22.3. The zero-order valence-corrected chi connectivity index (χ0v) is 17.7. The van der Waals surface area contributed by atoms with Crippen molar-refractivity contribution in [3.8, 4) is 11.5 Å². The van der Waals surface area contributed by atoms with E-state index in [1.807, 2.05) is 0 Å². The minimum absolute atomic E-state index is 0.232. The highest BCUT2D eigenvalue weighted by Crippen LogP contribution is 2.28. The molecular weight excluding hydrogens is 404 g/mol. The monoisotopic (exact) mass is 429 g/mol. The number of hydrogen-bond donors (Lipinski definition) is 1. The van der Waals surface area contributed by atoms with E-state index in [2.05, 4.69) is 10.3 Å². The SMILES string of the molecule is COc1ccc(C(=O)N(CC(C)=Cc2ccc(F)cc2F)CC2=NCCN2)cc1OC. The zero-order chi connectivity index (χ0) is 22.4. The molecule has 0 aliphatic carbocycles. The van der Waals surface area contributed by atoms with Crippen molar-refractivity contribution in [2.45, 2.75) is 6.92 Å². The zero-order valence-electron chi connectivity index (χ0n) is 17.7. The van der Waals surface area contributed by atoms with E-state index >= 15 is 0 Å². The maximum atomic E-state index is 14.0. The van der Waals surface area contributed by atoms with Gasteiger partial charge in [-0.2, -0.15) is 0 Å². The lowest BCUT2D eigenvalue weighted by atomic mass is 10.1. The topological polar surface area (TPSA) is 63.2 Å². The maximum Gasteiger partial charge on any atom is 0.254 e. The van der Waals surface area contributed by atoms with Crippen molar-refractivity contribution in [3.05, 3.63) is 64.7 Å². The molecule has 0 atom stereocenters. The van der Waals surface area contributed by atoms with E-state index < -0.39 is 11.6 Å². The summed E-state index contributed by atoms with van der Waals surface area (Å²) in [4.78, 5) is 19.3. The van der Waals surface area contributed by atoms with Crippen molar-refractivity contribution in [3.63, 3.8) is 0 Å². The molecule has 2 aromatic rings. The molecule has 0 unspecified atom stereocenters. The Hall–Kier alpha value is -3.42. The van der Waals surface area contributed by atoms with Crippen LogP contribution < -0.4 is 14.8 Å². The summed E-state index contributed by atoms with van der Waals surface area (Å²) in [6, 6.07) is 8.37. The number of amides is 1. The molecule has 1 N–H and O–H groups in total. The van der Waals surface area contributed by atoms with Crippen molar-refractivity contribution in [1.82, 2.24) is 10.2 Å². The highest BCUT2D eigenvalue weighted by Gasteiger charge is 2.21. The van der Waals surface area contributed by atoms with Gasteiger partial charge in [0.05, 0.1) is 27.3 Å².